The van der Waals surface area contributed by atoms with Crippen LogP contribution in [0.3, 0.4) is 0 Å². The Morgan fingerprint density at radius 3 is 2.41 bits per heavy atom. The standard InChI is InChI=1S/C13H11FN6OS/c14-8-3-1-7(2-4-8)9-5-17-10(21-9)6-22-13-19-11(15)18-12(16)20-13/h1-5H,6H2,(H4,15,16,18,19,20). The van der Waals surface area contributed by atoms with Crippen LogP contribution in [0.2, 0.25) is 0 Å². The van der Waals surface area contributed by atoms with Gasteiger partial charge in [0.2, 0.25) is 17.8 Å². The highest BCUT2D eigenvalue weighted by atomic mass is 32.2. The lowest BCUT2D eigenvalue weighted by atomic mass is 10.2. The lowest BCUT2D eigenvalue weighted by molar-refractivity contribution is 0.529. The molecule has 0 radical (unpaired) electrons. The molecular weight excluding hydrogens is 307 g/mol. The van der Waals surface area contributed by atoms with Gasteiger partial charge in [0.05, 0.1) is 11.9 Å². The number of oxazole rings is 1. The highest BCUT2D eigenvalue weighted by Crippen LogP contribution is 2.24. The van der Waals surface area contributed by atoms with E-state index in [1.165, 1.54) is 23.9 Å². The second-order valence-electron chi connectivity index (χ2n) is 4.25. The smallest absolute Gasteiger partial charge is 0.225 e. The molecule has 22 heavy (non-hydrogen) atoms. The summed E-state index contributed by atoms with van der Waals surface area (Å²) >= 11 is 1.27. The molecule has 0 aliphatic heterocycles. The highest BCUT2D eigenvalue weighted by molar-refractivity contribution is 7.98. The molecule has 0 unspecified atom stereocenters. The first-order valence-corrected chi connectivity index (χ1v) is 7.19. The van der Waals surface area contributed by atoms with Gasteiger partial charge in [0.25, 0.3) is 0 Å². The molecule has 0 saturated carbocycles. The summed E-state index contributed by atoms with van der Waals surface area (Å²) in [5, 5.41) is 0.395. The summed E-state index contributed by atoms with van der Waals surface area (Å²) in [7, 11) is 0. The fraction of sp³-hybridized carbons (Fsp3) is 0.0769. The van der Waals surface area contributed by atoms with Gasteiger partial charge >= 0.3 is 0 Å². The van der Waals surface area contributed by atoms with Crippen LogP contribution in [-0.4, -0.2) is 19.9 Å². The molecule has 3 aromatic rings. The van der Waals surface area contributed by atoms with E-state index >= 15 is 0 Å². The minimum atomic E-state index is -0.302. The first kappa shape index (κ1) is 14.3. The molecule has 0 aliphatic carbocycles. The lowest BCUT2D eigenvalue weighted by Crippen LogP contribution is -2.03. The molecule has 9 heteroatoms. The summed E-state index contributed by atoms with van der Waals surface area (Å²) < 4.78 is 18.5. The quantitative estimate of drug-likeness (QED) is 0.702. The second kappa shape index (κ2) is 5.98. The van der Waals surface area contributed by atoms with Gasteiger partial charge in [-0.25, -0.2) is 9.37 Å². The molecule has 3 rings (SSSR count). The van der Waals surface area contributed by atoms with E-state index in [9.17, 15) is 4.39 Å². The van der Waals surface area contributed by atoms with Gasteiger partial charge in [0, 0.05) is 5.56 Å². The average molecular weight is 318 g/mol. The molecule has 0 atom stereocenters. The maximum Gasteiger partial charge on any atom is 0.225 e. The Morgan fingerprint density at radius 1 is 1.05 bits per heavy atom. The van der Waals surface area contributed by atoms with Crippen LogP contribution in [0.15, 0.2) is 40.0 Å². The second-order valence-corrected chi connectivity index (χ2v) is 5.19. The van der Waals surface area contributed by atoms with Crippen molar-refractivity contribution < 1.29 is 8.81 Å². The Labute approximate surface area is 129 Å². The Kier molecular flexibility index (Phi) is 3.88. The Balaban J connectivity index is 1.70. The third-order valence-electron chi connectivity index (χ3n) is 2.66. The number of nitrogens with zero attached hydrogens (tertiary/aromatic N) is 4. The number of rotatable bonds is 4. The monoisotopic (exact) mass is 318 g/mol. The van der Waals surface area contributed by atoms with Gasteiger partial charge < -0.3 is 15.9 Å². The van der Waals surface area contributed by atoms with Crippen molar-refractivity contribution in [2.45, 2.75) is 10.9 Å². The van der Waals surface area contributed by atoms with Gasteiger partial charge in [-0.3, -0.25) is 0 Å². The molecule has 0 fully saturated rings. The summed E-state index contributed by atoms with van der Waals surface area (Å²) in [6.45, 7) is 0. The van der Waals surface area contributed by atoms with E-state index in [-0.39, 0.29) is 17.7 Å². The summed E-state index contributed by atoms with van der Waals surface area (Å²) in [6, 6.07) is 5.98. The largest absolute Gasteiger partial charge is 0.440 e. The predicted molar refractivity (Wildman–Crippen MR) is 80.1 cm³/mol. The van der Waals surface area contributed by atoms with Crippen molar-refractivity contribution in [3.63, 3.8) is 0 Å². The highest BCUT2D eigenvalue weighted by Gasteiger charge is 2.09. The van der Waals surface area contributed by atoms with Gasteiger partial charge in [0.1, 0.15) is 5.82 Å². The van der Waals surface area contributed by atoms with Gasteiger partial charge in [-0.15, -0.1) is 0 Å². The molecule has 0 aliphatic rings. The molecule has 4 N–H and O–H groups in total. The molecule has 7 nitrogen and oxygen atoms in total. The van der Waals surface area contributed by atoms with Crippen LogP contribution in [0.1, 0.15) is 5.89 Å². The first-order chi connectivity index (χ1) is 10.6. The van der Waals surface area contributed by atoms with Crippen molar-refractivity contribution in [3.05, 3.63) is 42.2 Å². The fourth-order valence-electron chi connectivity index (χ4n) is 1.70. The number of benzene rings is 1. The lowest BCUT2D eigenvalue weighted by Gasteiger charge is -2.00. The summed E-state index contributed by atoms with van der Waals surface area (Å²) in [6.07, 6.45) is 1.58. The van der Waals surface area contributed by atoms with Gasteiger partial charge in [-0.1, -0.05) is 11.8 Å². The minimum absolute atomic E-state index is 0.0643. The van der Waals surface area contributed by atoms with Crippen LogP contribution in [0.25, 0.3) is 11.3 Å². The van der Waals surface area contributed by atoms with Crippen LogP contribution in [0.4, 0.5) is 16.3 Å². The van der Waals surface area contributed by atoms with Gasteiger partial charge in [-0.2, -0.15) is 15.0 Å². The Bertz CT molecular complexity index is 771. The van der Waals surface area contributed by atoms with Crippen LogP contribution >= 0.6 is 11.8 Å². The summed E-state index contributed by atoms with van der Waals surface area (Å²) in [4.78, 5) is 15.8. The first-order valence-electron chi connectivity index (χ1n) is 6.20. The third kappa shape index (κ3) is 3.31. The van der Waals surface area contributed by atoms with E-state index in [1.807, 2.05) is 0 Å². The third-order valence-corrected chi connectivity index (χ3v) is 3.49. The molecular formula is C13H11FN6OS. The van der Waals surface area contributed by atoms with Crippen molar-refractivity contribution in [2.24, 2.45) is 0 Å². The number of hydrogen-bond donors (Lipinski definition) is 2. The van der Waals surface area contributed by atoms with Crippen molar-refractivity contribution in [2.75, 3.05) is 11.5 Å². The van der Waals surface area contributed by atoms with Crippen molar-refractivity contribution in [3.8, 4) is 11.3 Å². The Hall–Kier alpha value is -2.68. The van der Waals surface area contributed by atoms with Crippen LogP contribution in [-0.2, 0) is 5.75 Å². The van der Waals surface area contributed by atoms with E-state index in [0.717, 1.165) is 5.56 Å². The zero-order chi connectivity index (χ0) is 15.5. The maximum absolute atomic E-state index is 12.9. The van der Waals surface area contributed by atoms with Crippen molar-refractivity contribution in [1.29, 1.82) is 0 Å². The fourth-order valence-corrected chi connectivity index (χ4v) is 2.41. The average Bonchev–Trinajstić information content (AvgIpc) is 2.94. The van der Waals surface area contributed by atoms with E-state index < -0.39 is 0 Å². The summed E-state index contributed by atoms with van der Waals surface area (Å²) in [5.74, 6) is 1.28. The SMILES string of the molecule is Nc1nc(N)nc(SCc2ncc(-c3ccc(F)cc3)o2)n1. The number of nitrogen functional groups attached to an aromatic ring is 2. The normalized spacial score (nSPS) is 10.8. The molecule has 1 aromatic carbocycles. The van der Waals surface area contributed by atoms with E-state index in [4.69, 9.17) is 15.9 Å². The number of hydrogen-bond acceptors (Lipinski definition) is 8. The number of anilines is 2. The predicted octanol–water partition coefficient (Wildman–Crippen LogP) is 2.12. The van der Waals surface area contributed by atoms with E-state index in [2.05, 4.69) is 19.9 Å². The van der Waals surface area contributed by atoms with Crippen LogP contribution in [0, 0.1) is 5.82 Å². The van der Waals surface area contributed by atoms with Crippen LogP contribution < -0.4 is 11.5 Å². The molecule has 2 heterocycles. The molecule has 0 saturated heterocycles. The molecule has 0 spiro atoms. The topological polar surface area (TPSA) is 117 Å². The summed E-state index contributed by atoms with van der Waals surface area (Å²) in [5.41, 5.74) is 11.7. The van der Waals surface area contributed by atoms with Gasteiger partial charge in [-0.05, 0) is 24.3 Å². The van der Waals surface area contributed by atoms with Crippen LogP contribution in [0.5, 0.6) is 0 Å². The number of halogens is 1. The zero-order valence-electron chi connectivity index (χ0n) is 11.2. The molecule has 112 valence electrons. The maximum atomic E-state index is 12.9. The molecule has 0 bridgehead atoms. The van der Waals surface area contributed by atoms with Crippen molar-refractivity contribution >= 4 is 23.7 Å². The molecule has 0 amide bonds. The minimum Gasteiger partial charge on any atom is -0.440 e. The van der Waals surface area contributed by atoms with Gasteiger partial charge in [0.15, 0.2) is 10.9 Å². The van der Waals surface area contributed by atoms with Crippen molar-refractivity contribution in [1.82, 2.24) is 19.9 Å². The zero-order valence-corrected chi connectivity index (χ0v) is 12.0. The Morgan fingerprint density at radius 2 is 1.73 bits per heavy atom. The number of thioether (sulfide) groups is 1. The van der Waals surface area contributed by atoms with E-state index in [1.54, 1.807) is 18.3 Å². The number of nitrogens with two attached hydrogens (primary N) is 2. The number of aromatic nitrogens is 4. The molecule has 2 aromatic heterocycles. The van der Waals surface area contributed by atoms with E-state index in [0.29, 0.717) is 22.6 Å².